The van der Waals surface area contributed by atoms with Crippen LogP contribution in [-0.4, -0.2) is 30.8 Å². The van der Waals surface area contributed by atoms with Crippen LogP contribution in [0.25, 0.3) is 0 Å². The van der Waals surface area contributed by atoms with E-state index in [9.17, 15) is 10.1 Å². The van der Waals surface area contributed by atoms with Gasteiger partial charge in [-0.15, -0.1) is 0 Å². The van der Waals surface area contributed by atoms with Gasteiger partial charge in [0, 0.05) is 13.2 Å². The molecule has 0 spiro atoms. The Morgan fingerprint density at radius 2 is 2.21 bits per heavy atom. The van der Waals surface area contributed by atoms with Crippen LogP contribution in [0.2, 0.25) is 0 Å². The molecule has 0 bridgehead atoms. The Morgan fingerprint density at radius 1 is 1.47 bits per heavy atom. The van der Waals surface area contributed by atoms with Gasteiger partial charge in [-0.25, -0.2) is 0 Å². The summed E-state index contributed by atoms with van der Waals surface area (Å²) in [7, 11) is 1.68. The van der Waals surface area contributed by atoms with E-state index in [0.29, 0.717) is 18.0 Å². The van der Waals surface area contributed by atoms with Crippen molar-refractivity contribution in [1.82, 2.24) is 0 Å². The number of methoxy groups -OCH3 is 1. The Balaban J connectivity index is 2.09. The van der Waals surface area contributed by atoms with E-state index in [-0.39, 0.29) is 17.8 Å². The maximum absolute atomic E-state index is 11.1. The number of anilines is 1. The zero-order valence-corrected chi connectivity index (χ0v) is 11.1. The number of rotatable bonds is 6. The minimum atomic E-state index is -0.392. The fraction of sp³-hybridized carbons (Fsp3) is 0.538. The lowest BCUT2D eigenvalue weighted by Gasteiger charge is -2.35. The molecular weight excluding hydrogens is 248 g/mol. The fourth-order valence-corrected chi connectivity index (χ4v) is 2.14. The number of nitro groups is 1. The van der Waals surface area contributed by atoms with E-state index in [0.717, 1.165) is 12.8 Å². The van der Waals surface area contributed by atoms with E-state index in [1.54, 1.807) is 19.2 Å². The molecule has 1 aliphatic rings. The van der Waals surface area contributed by atoms with Crippen LogP contribution in [0.3, 0.4) is 0 Å². The molecule has 1 aromatic rings. The molecule has 0 amide bonds. The summed E-state index contributed by atoms with van der Waals surface area (Å²) >= 11 is 0. The molecular formula is C13H18N2O4. The molecule has 0 saturated heterocycles. The number of nitrogens with zero attached hydrogens (tertiary/aromatic N) is 1. The summed E-state index contributed by atoms with van der Waals surface area (Å²) in [6, 6.07) is 5.13. The smallest absolute Gasteiger partial charge is 0.296 e. The maximum atomic E-state index is 11.1. The van der Waals surface area contributed by atoms with E-state index in [1.165, 1.54) is 6.07 Å². The van der Waals surface area contributed by atoms with Crippen LogP contribution in [-0.2, 0) is 4.74 Å². The molecule has 2 rings (SSSR count). The minimum absolute atomic E-state index is 0.0480. The summed E-state index contributed by atoms with van der Waals surface area (Å²) in [5, 5.41) is 14.3. The van der Waals surface area contributed by atoms with Crippen LogP contribution in [0.1, 0.15) is 19.8 Å². The highest BCUT2D eigenvalue weighted by Crippen LogP contribution is 2.33. The van der Waals surface area contributed by atoms with E-state index < -0.39 is 4.92 Å². The molecule has 1 aromatic carbocycles. The van der Waals surface area contributed by atoms with Crippen LogP contribution in [0.4, 0.5) is 11.4 Å². The monoisotopic (exact) mass is 266 g/mol. The van der Waals surface area contributed by atoms with Gasteiger partial charge in [0.2, 0.25) is 0 Å². The first-order valence-corrected chi connectivity index (χ1v) is 6.34. The van der Waals surface area contributed by atoms with Crippen molar-refractivity contribution in [3.63, 3.8) is 0 Å². The van der Waals surface area contributed by atoms with Crippen molar-refractivity contribution >= 4 is 11.4 Å². The second-order valence-corrected chi connectivity index (χ2v) is 4.54. The standard InChI is InChI=1S/C13H18N2O4/c1-3-19-10-4-5-12(13(8-10)15(16)17)14-9-6-11(7-9)18-2/h4-5,8-9,11,14H,3,6-7H2,1-2H3. The molecule has 6 heteroatoms. The molecule has 1 N–H and O–H groups in total. The first-order valence-electron chi connectivity index (χ1n) is 6.34. The molecule has 0 atom stereocenters. The number of hydrogen-bond donors (Lipinski definition) is 1. The van der Waals surface area contributed by atoms with Gasteiger partial charge in [-0.05, 0) is 31.9 Å². The molecule has 0 aromatic heterocycles. The predicted molar refractivity (Wildman–Crippen MR) is 71.7 cm³/mol. The van der Waals surface area contributed by atoms with Crippen LogP contribution in [0.15, 0.2) is 18.2 Å². The zero-order chi connectivity index (χ0) is 13.8. The predicted octanol–water partition coefficient (Wildman–Crippen LogP) is 2.58. The van der Waals surface area contributed by atoms with Crippen LogP contribution >= 0.6 is 0 Å². The zero-order valence-electron chi connectivity index (χ0n) is 11.1. The molecule has 104 valence electrons. The average Bonchev–Trinajstić information content (AvgIpc) is 2.34. The largest absolute Gasteiger partial charge is 0.494 e. The van der Waals surface area contributed by atoms with Crippen molar-refractivity contribution in [1.29, 1.82) is 0 Å². The SMILES string of the molecule is CCOc1ccc(NC2CC(OC)C2)c([N+](=O)[O-])c1. The van der Waals surface area contributed by atoms with Gasteiger partial charge in [-0.1, -0.05) is 0 Å². The first-order chi connectivity index (χ1) is 9.13. The molecule has 0 radical (unpaired) electrons. The molecule has 0 unspecified atom stereocenters. The van der Waals surface area contributed by atoms with Gasteiger partial charge in [-0.3, -0.25) is 10.1 Å². The van der Waals surface area contributed by atoms with Gasteiger partial charge >= 0.3 is 0 Å². The number of nitro benzene ring substituents is 1. The average molecular weight is 266 g/mol. The molecule has 1 fully saturated rings. The van der Waals surface area contributed by atoms with Crippen molar-refractivity contribution in [3.05, 3.63) is 28.3 Å². The quantitative estimate of drug-likeness (QED) is 0.632. The van der Waals surface area contributed by atoms with E-state index in [4.69, 9.17) is 9.47 Å². The van der Waals surface area contributed by atoms with E-state index in [1.807, 2.05) is 6.92 Å². The summed E-state index contributed by atoms with van der Waals surface area (Å²) in [6.45, 7) is 2.33. The first kappa shape index (κ1) is 13.6. The Labute approximate surface area is 111 Å². The number of hydrogen-bond acceptors (Lipinski definition) is 5. The lowest BCUT2D eigenvalue weighted by Crippen LogP contribution is -2.40. The van der Waals surface area contributed by atoms with Gasteiger partial charge in [0.05, 0.1) is 23.7 Å². The lowest BCUT2D eigenvalue weighted by atomic mass is 9.89. The summed E-state index contributed by atoms with van der Waals surface area (Å²) in [4.78, 5) is 10.7. The Hall–Kier alpha value is -1.82. The van der Waals surface area contributed by atoms with Crippen molar-refractivity contribution in [2.24, 2.45) is 0 Å². The molecule has 1 saturated carbocycles. The van der Waals surface area contributed by atoms with Gasteiger partial charge in [-0.2, -0.15) is 0 Å². The van der Waals surface area contributed by atoms with Crippen LogP contribution in [0, 0.1) is 10.1 Å². The second kappa shape index (κ2) is 5.88. The normalized spacial score (nSPS) is 21.6. The third-order valence-electron chi connectivity index (χ3n) is 3.26. The minimum Gasteiger partial charge on any atom is -0.494 e. The topological polar surface area (TPSA) is 73.6 Å². The summed E-state index contributed by atoms with van der Waals surface area (Å²) in [6.07, 6.45) is 2.01. The Morgan fingerprint density at radius 3 is 2.79 bits per heavy atom. The molecule has 1 aliphatic carbocycles. The van der Waals surface area contributed by atoms with Crippen molar-refractivity contribution in [2.75, 3.05) is 19.0 Å². The van der Waals surface area contributed by atoms with E-state index >= 15 is 0 Å². The highest BCUT2D eigenvalue weighted by Gasteiger charge is 2.30. The third kappa shape index (κ3) is 3.14. The number of nitrogens with one attached hydrogen (secondary N) is 1. The van der Waals surface area contributed by atoms with Gasteiger partial charge in [0.15, 0.2) is 0 Å². The number of benzene rings is 1. The highest BCUT2D eigenvalue weighted by atomic mass is 16.6. The van der Waals surface area contributed by atoms with Crippen molar-refractivity contribution < 1.29 is 14.4 Å². The molecule has 6 nitrogen and oxygen atoms in total. The highest BCUT2D eigenvalue weighted by molar-refractivity contribution is 5.64. The Kier molecular flexibility index (Phi) is 4.21. The van der Waals surface area contributed by atoms with Gasteiger partial charge in [0.1, 0.15) is 11.4 Å². The lowest BCUT2D eigenvalue weighted by molar-refractivity contribution is -0.384. The van der Waals surface area contributed by atoms with Gasteiger partial charge < -0.3 is 14.8 Å². The van der Waals surface area contributed by atoms with Crippen molar-refractivity contribution in [2.45, 2.75) is 31.9 Å². The van der Waals surface area contributed by atoms with Crippen molar-refractivity contribution in [3.8, 4) is 5.75 Å². The third-order valence-corrected chi connectivity index (χ3v) is 3.26. The molecule has 0 heterocycles. The summed E-state index contributed by atoms with van der Waals surface area (Å²) in [5.41, 5.74) is 0.583. The van der Waals surface area contributed by atoms with E-state index in [2.05, 4.69) is 5.32 Å². The van der Waals surface area contributed by atoms with Crippen LogP contribution in [0.5, 0.6) is 5.75 Å². The van der Waals surface area contributed by atoms with Crippen LogP contribution < -0.4 is 10.1 Å². The maximum Gasteiger partial charge on any atom is 0.296 e. The summed E-state index contributed by atoms with van der Waals surface area (Å²) in [5.74, 6) is 0.517. The molecule has 0 aliphatic heterocycles. The fourth-order valence-electron chi connectivity index (χ4n) is 2.14. The summed E-state index contributed by atoms with van der Waals surface area (Å²) < 4.78 is 10.5. The molecule has 19 heavy (non-hydrogen) atoms. The number of ether oxygens (including phenoxy) is 2. The van der Waals surface area contributed by atoms with Gasteiger partial charge in [0.25, 0.3) is 5.69 Å². The Bertz CT molecular complexity index is 458. The second-order valence-electron chi connectivity index (χ2n) is 4.54.